The van der Waals surface area contributed by atoms with Gasteiger partial charge in [-0.1, -0.05) is 0 Å². The molecule has 1 aliphatic rings. The van der Waals surface area contributed by atoms with Gasteiger partial charge in [0.25, 0.3) is 5.91 Å². The van der Waals surface area contributed by atoms with Crippen LogP contribution in [0.4, 0.5) is 5.82 Å². The first-order valence-corrected chi connectivity index (χ1v) is 6.33. The molecule has 0 radical (unpaired) electrons. The summed E-state index contributed by atoms with van der Waals surface area (Å²) in [7, 11) is 1.78. The highest BCUT2D eigenvalue weighted by Gasteiger charge is 2.15. The van der Waals surface area contributed by atoms with Crippen LogP contribution in [-0.4, -0.2) is 37.2 Å². The number of ether oxygens (including phenoxy) is 1. The summed E-state index contributed by atoms with van der Waals surface area (Å²) >= 11 is 0. The molecule has 2 heterocycles. The second-order valence-electron chi connectivity index (χ2n) is 4.36. The fourth-order valence-electron chi connectivity index (χ4n) is 2.03. The summed E-state index contributed by atoms with van der Waals surface area (Å²) in [6.45, 7) is 1.51. The van der Waals surface area contributed by atoms with Crippen LogP contribution < -0.4 is 10.6 Å². The van der Waals surface area contributed by atoms with Gasteiger partial charge in [-0.05, 0) is 31.4 Å². The second kappa shape index (κ2) is 6.35. The Labute approximate surface area is 107 Å². The zero-order valence-corrected chi connectivity index (χ0v) is 10.6. The Morgan fingerprint density at radius 3 is 3.22 bits per heavy atom. The van der Waals surface area contributed by atoms with E-state index in [1.165, 1.54) is 0 Å². The van der Waals surface area contributed by atoms with Crippen molar-refractivity contribution < 1.29 is 9.53 Å². The molecular formula is C13H19N3O2. The summed E-state index contributed by atoms with van der Waals surface area (Å²) in [5.74, 6) is 0.633. The maximum absolute atomic E-state index is 11.9. The van der Waals surface area contributed by atoms with Gasteiger partial charge < -0.3 is 15.4 Å². The van der Waals surface area contributed by atoms with Gasteiger partial charge in [-0.2, -0.15) is 0 Å². The van der Waals surface area contributed by atoms with Crippen LogP contribution >= 0.6 is 0 Å². The molecule has 1 fully saturated rings. The van der Waals surface area contributed by atoms with Gasteiger partial charge in [0, 0.05) is 32.0 Å². The van der Waals surface area contributed by atoms with E-state index in [1.54, 1.807) is 25.4 Å². The third-order valence-corrected chi connectivity index (χ3v) is 3.05. The Balaban J connectivity index is 1.79. The van der Waals surface area contributed by atoms with E-state index < -0.39 is 0 Å². The summed E-state index contributed by atoms with van der Waals surface area (Å²) in [6, 6.07) is 3.45. The first kappa shape index (κ1) is 12.8. The second-order valence-corrected chi connectivity index (χ2v) is 4.36. The van der Waals surface area contributed by atoms with Crippen molar-refractivity contribution in [2.75, 3.05) is 25.5 Å². The molecule has 0 saturated carbocycles. The van der Waals surface area contributed by atoms with E-state index in [9.17, 15) is 4.79 Å². The van der Waals surface area contributed by atoms with Crippen LogP contribution in [0, 0.1) is 0 Å². The van der Waals surface area contributed by atoms with E-state index in [1.807, 2.05) is 0 Å². The van der Waals surface area contributed by atoms with E-state index in [0.29, 0.717) is 24.0 Å². The van der Waals surface area contributed by atoms with Crippen LogP contribution in [0.1, 0.15) is 29.6 Å². The predicted octanol–water partition coefficient (Wildman–Crippen LogP) is 1.42. The Kier molecular flexibility index (Phi) is 4.52. The minimum absolute atomic E-state index is 0.0631. The number of carbonyl (C=O) groups excluding carboxylic acids is 1. The Morgan fingerprint density at radius 1 is 1.61 bits per heavy atom. The first-order valence-electron chi connectivity index (χ1n) is 6.33. The van der Waals surface area contributed by atoms with Gasteiger partial charge in [0.15, 0.2) is 0 Å². The van der Waals surface area contributed by atoms with Crippen molar-refractivity contribution in [2.24, 2.45) is 0 Å². The standard InChI is InChI=1S/C13H19N3O2/c1-14-12-9-10(4-6-15-12)13(17)16-7-5-11-3-2-8-18-11/h4,6,9,11H,2-3,5,7-8H2,1H3,(H,14,15)(H,16,17). The minimum Gasteiger partial charge on any atom is -0.378 e. The van der Waals surface area contributed by atoms with E-state index in [-0.39, 0.29) is 5.91 Å². The molecule has 5 nitrogen and oxygen atoms in total. The van der Waals surface area contributed by atoms with Gasteiger partial charge in [-0.15, -0.1) is 0 Å². The molecule has 98 valence electrons. The summed E-state index contributed by atoms with van der Waals surface area (Å²) in [5, 5.41) is 5.81. The number of hydrogen-bond donors (Lipinski definition) is 2. The van der Waals surface area contributed by atoms with E-state index in [0.717, 1.165) is 25.9 Å². The lowest BCUT2D eigenvalue weighted by atomic mass is 10.2. The lowest BCUT2D eigenvalue weighted by Crippen LogP contribution is -2.27. The van der Waals surface area contributed by atoms with E-state index in [4.69, 9.17) is 4.74 Å². The monoisotopic (exact) mass is 249 g/mol. The molecule has 1 aliphatic heterocycles. The zero-order chi connectivity index (χ0) is 12.8. The highest BCUT2D eigenvalue weighted by molar-refractivity contribution is 5.94. The molecule has 0 bridgehead atoms. The topological polar surface area (TPSA) is 63.2 Å². The summed E-state index contributed by atoms with van der Waals surface area (Å²) < 4.78 is 5.51. The summed E-state index contributed by atoms with van der Waals surface area (Å²) in [4.78, 5) is 16.0. The van der Waals surface area contributed by atoms with Crippen molar-refractivity contribution in [3.63, 3.8) is 0 Å². The number of amides is 1. The molecule has 1 aromatic rings. The number of anilines is 1. The molecule has 1 atom stereocenters. The maximum Gasteiger partial charge on any atom is 0.251 e. The van der Waals surface area contributed by atoms with Gasteiger partial charge in [-0.3, -0.25) is 4.79 Å². The highest BCUT2D eigenvalue weighted by Crippen LogP contribution is 2.14. The molecule has 5 heteroatoms. The fourth-order valence-corrected chi connectivity index (χ4v) is 2.03. The highest BCUT2D eigenvalue weighted by atomic mass is 16.5. The van der Waals surface area contributed by atoms with Crippen molar-refractivity contribution in [2.45, 2.75) is 25.4 Å². The number of carbonyl (C=O) groups is 1. The number of pyridine rings is 1. The third-order valence-electron chi connectivity index (χ3n) is 3.05. The minimum atomic E-state index is -0.0631. The number of nitrogens with zero attached hydrogens (tertiary/aromatic N) is 1. The summed E-state index contributed by atoms with van der Waals surface area (Å²) in [6.07, 6.45) is 5.07. The SMILES string of the molecule is CNc1cc(C(=O)NCCC2CCCO2)ccn1. The van der Waals surface area contributed by atoms with Gasteiger partial charge in [0.05, 0.1) is 6.10 Å². The summed E-state index contributed by atoms with van der Waals surface area (Å²) in [5.41, 5.74) is 0.627. The molecule has 1 aromatic heterocycles. The lowest BCUT2D eigenvalue weighted by molar-refractivity contribution is 0.0907. The lowest BCUT2D eigenvalue weighted by Gasteiger charge is -2.10. The van der Waals surface area contributed by atoms with Gasteiger partial charge in [0.2, 0.25) is 0 Å². The Morgan fingerprint density at radius 2 is 2.50 bits per heavy atom. The third kappa shape index (κ3) is 3.43. The first-order chi connectivity index (χ1) is 8.79. The van der Waals surface area contributed by atoms with Crippen LogP contribution in [0.5, 0.6) is 0 Å². The zero-order valence-electron chi connectivity index (χ0n) is 10.6. The largest absolute Gasteiger partial charge is 0.378 e. The number of aromatic nitrogens is 1. The van der Waals surface area contributed by atoms with Crippen molar-refractivity contribution in [1.82, 2.24) is 10.3 Å². The molecule has 1 amide bonds. The maximum atomic E-state index is 11.9. The van der Waals surface area contributed by atoms with E-state index in [2.05, 4.69) is 15.6 Å². The van der Waals surface area contributed by atoms with Crippen molar-refractivity contribution in [3.05, 3.63) is 23.9 Å². The van der Waals surface area contributed by atoms with Crippen molar-refractivity contribution in [1.29, 1.82) is 0 Å². The molecule has 2 N–H and O–H groups in total. The molecule has 1 unspecified atom stereocenters. The molecule has 0 aromatic carbocycles. The number of rotatable bonds is 5. The van der Waals surface area contributed by atoms with Gasteiger partial charge >= 0.3 is 0 Å². The van der Waals surface area contributed by atoms with Crippen LogP contribution in [0.2, 0.25) is 0 Å². The smallest absolute Gasteiger partial charge is 0.251 e. The van der Waals surface area contributed by atoms with E-state index >= 15 is 0 Å². The normalized spacial score (nSPS) is 18.6. The average Bonchev–Trinajstić information content (AvgIpc) is 2.92. The molecule has 0 spiro atoms. The van der Waals surface area contributed by atoms with Gasteiger partial charge in [-0.25, -0.2) is 4.98 Å². The van der Waals surface area contributed by atoms with Crippen LogP contribution in [0.15, 0.2) is 18.3 Å². The Hall–Kier alpha value is -1.62. The fraction of sp³-hybridized carbons (Fsp3) is 0.538. The van der Waals surface area contributed by atoms with Crippen molar-refractivity contribution in [3.8, 4) is 0 Å². The molecule has 18 heavy (non-hydrogen) atoms. The Bertz CT molecular complexity index is 403. The van der Waals surface area contributed by atoms with Crippen molar-refractivity contribution >= 4 is 11.7 Å². The van der Waals surface area contributed by atoms with Gasteiger partial charge in [0.1, 0.15) is 5.82 Å². The van der Waals surface area contributed by atoms with Crippen LogP contribution in [-0.2, 0) is 4.74 Å². The quantitative estimate of drug-likeness (QED) is 0.828. The average molecular weight is 249 g/mol. The molecule has 0 aliphatic carbocycles. The number of nitrogens with one attached hydrogen (secondary N) is 2. The van der Waals surface area contributed by atoms with Crippen LogP contribution in [0.25, 0.3) is 0 Å². The predicted molar refractivity (Wildman–Crippen MR) is 69.7 cm³/mol. The number of hydrogen-bond acceptors (Lipinski definition) is 4. The molecular weight excluding hydrogens is 230 g/mol. The van der Waals surface area contributed by atoms with Crippen LogP contribution in [0.3, 0.4) is 0 Å². The molecule has 2 rings (SSSR count). The molecule has 1 saturated heterocycles.